The van der Waals surface area contributed by atoms with E-state index in [0.717, 1.165) is 48.8 Å². The van der Waals surface area contributed by atoms with Gasteiger partial charge in [-0.2, -0.15) is 5.26 Å². The predicted molar refractivity (Wildman–Crippen MR) is 134 cm³/mol. The van der Waals surface area contributed by atoms with Gasteiger partial charge in [0.15, 0.2) is 0 Å². The number of nitrogens with zero attached hydrogens (tertiary/aromatic N) is 4. The number of ether oxygens (including phenoxy) is 1. The van der Waals surface area contributed by atoms with Crippen molar-refractivity contribution in [1.82, 2.24) is 15.3 Å². The number of benzene rings is 2. The molecule has 8 nitrogen and oxygen atoms in total. The molecule has 0 radical (unpaired) electrons. The van der Waals surface area contributed by atoms with Gasteiger partial charge in [-0.3, -0.25) is 4.79 Å². The van der Waals surface area contributed by atoms with Crippen molar-refractivity contribution in [3.8, 4) is 17.2 Å². The highest BCUT2D eigenvalue weighted by Gasteiger charge is 2.14. The Hall–Kier alpha value is -4.00. The SMILES string of the molecule is [2H]c1nc(Nc2ccc(N3CCOCC3)cc2)nc2c(-c3cccc(C(=O)NCC#N)c3)csc12. The third-order valence-corrected chi connectivity index (χ3v) is 6.38. The number of morpholine rings is 1. The Morgan fingerprint density at radius 1 is 1.24 bits per heavy atom. The Kier molecular flexibility index (Phi) is 5.98. The van der Waals surface area contributed by atoms with Crippen LogP contribution in [-0.2, 0) is 4.74 Å². The van der Waals surface area contributed by atoms with E-state index in [2.05, 4.69) is 20.5 Å². The third kappa shape index (κ3) is 4.69. The maximum Gasteiger partial charge on any atom is 0.252 e. The quantitative estimate of drug-likeness (QED) is 0.406. The smallest absolute Gasteiger partial charge is 0.252 e. The topological polar surface area (TPSA) is 103 Å². The van der Waals surface area contributed by atoms with Crippen molar-refractivity contribution >= 4 is 44.8 Å². The van der Waals surface area contributed by atoms with Crippen LogP contribution in [0.3, 0.4) is 0 Å². The summed E-state index contributed by atoms with van der Waals surface area (Å²) in [6, 6.07) is 17.1. The van der Waals surface area contributed by atoms with Crippen molar-refractivity contribution in [2.75, 3.05) is 43.1 Å². The average Bonchev–Trinajstić information content (AvgIpc) is 3.33. The molecule has 1 fully saturated rings. The molecule has 5 rings (SSSR count). The van der Waals surface area contributed by atoms with E-state index in [1.54, 1.807) is 18.2 Å². The summed E-state index contributed by atoms with van der Waals surface area (Å²) in [5, 5.41) is 16.4. The van der Waals surface area contributed by atoms with E-state index in [1.807, 2.05) is 41.8 Å². The van der Waals surface area contributed by atoms with Gasteiger partial charge in [0.2, 0.25) is 5.95 Å². The van der Waals surface area contributed by atoms with Gasteiger partial charge in [0.1, 0.15) is 6.54 Å². The zero-order chi connectivity index (χ0) is 24.2. The summed E-state index contributed by atoms with van der Waals surface area (Å²) in [5.41, 5.74) is 4.69. The number of carbonyl (C=O) groups excluding carboxylic acids is 1. The fourth-order valence-corrected chi connectivity index (χ4v) is 4.64. The standard InChI is InChI=1S/C25H22N6O2S/c26-8-9-27-24(32)18-3-1-2-17(14-18)21-16-34-22-15-28-25(30-23(21)22)29-19-4-6-20(7-5-19)31-10-12-33-13-11-31/h1-7,14-16H,9-13H2,(H,27,32)(H,28,29,30)/i15D. The largest absolute Gasteiger partial charge is 0.378 e. The molecule has 170 valence electrons. The molecule has 1 saturated heterocycles. The van der Waals surface area contributed by atoms with Crippen LogP contribution >= 0.6 is 11.3 Å². The second kappa shape index (κ2) is 9.87. The van der Waals surface area contributed by atoms with Crippen molar-refractivity contribution < 1.29 is 10.9 Å². The van der Waals surface area contributed by atoms with Crippen molar-refractivity contribution in [3.63, 3.8) is 0 Å². The Balaban J connectivity index is 1.41. The molecule has 2 N–H and O–H groups in total. The van der Waals surface area contributed by atoms with Crippen LogP contribution in [-0.4, -0.2) is 48.7 Å². The van der Waals surface area contributed by atoms with E-state index in [4.69, 9.17) is 16.4 Å². The normalized spacial score (nSPS) is 13.9. The number of carbonyl (C=O) groups is 1. The number of hydrogen-bond donors (Lipinski definition) is 2. The fourth-order valence-electron chi connectivity index (χ4n) is 3.79. The van der Waals surface area contributed by atoms with Crippen LogP contribution in [0.1, 0.15) is 11.7 Å². The summed E-state index contributed by atoms with van der Waals surface area (Å²) in [6.07, 6.45) is 0.140. The van der Waals surface area contributed by atoms with Gasteiger partial charge in [0.25, 0.3) is 5.91 Å². The third-order valence-electron chi connectivity index (χ3n) is 5.51. The highest BCUT2D eigenvalue weighted by atomic mass is 32.1. The number of hydrogen-bond acceptors (Lipinski definition) is 8. The minimum absolute atomic E-state index is 0.0532. The van der Waals surface area contributed by atoms with E-state index in [-0.39, 0.29) is 18.6 Å². The molecule has 0 unspecified atom stereocenters. The summed E-state index contributed by atoms with van der Waals surface area (Å²) in [7, 11) is 0. The summed E-state index contributed by atoms with van der Waals surface area (Å²) in [5.74, 6) is 0.0239. The summed E-state index contributed by atoms with van der Waals surface area (Å²) < 4.78 is 14.5. The van der Waals surface area contributed by atoms with Gasteiger partial charge in [-0.15, -0.1) is 11.3 Å². The molecule has 1 amide bonds. The lowest BCUT2D eigenvalue weighted by molar-refractivity contribution is 0.0958. The van der Waals surface area contributed by atoms with Crippen LogP contribution in [0.2, 0.25) is 0 Å². The highest BCUT2D eigenvalue weighted by Crippen LogP contribution is 2.33. The lowest BCUT2D eigenvalue weighted by atomic mass is 10.0. The Labute approximate surface area is 202 Å². The molecule has 1 aliphatic rings. The summed E-state index contributed by atoms with van der Waals surface area (Å²) >= 11 is 1.40. The maximum atomic E-state index is 12.3. The molecule has 34 heavy (non-hydrogen) atoms. The fraction of sp³-hybridized carbons (Fsp3) is 0.200. The van der Waals surface area contributed by atoms with Crippen LogP contribution in [0.5, 0.6) is 0 Å². The second-order valence-corrected chi connectivity index (χ2v) is 8.56. The summed E-state index contributed by atoms with van der Waals surface area (Å²) in [4.78, 5) is 23.6. The number of amides is 1. The number of fused-ring (bicyclic) bond motifs is 1. The molecule has 0 atom stereocenters. The van der Waals surface area contributed by atoms with Crippen molar-refractivity contribution in [2.45, 2.75) is 0 Å². The molecular formula is C25H22N6O2S. The van der Waals surface area contributed by atoms with E-state index < -0.39 is 0 Å². The molecule has 0 spiro atoms. The van der Waals surface area contributed by atoms with Crippen LogP contribution in [0.4, 0.5) is 17.3 Å². The van der Waals surface area contributed by atoms with Gasteiger partial charge >= 0.3 is 0 Å². The van der Waals surface area contributed by atoms with Crippen LogP contribution < -0.4 is 15.5 Å². The molecule has 3 heterocycles. The van der Waals surface area contributed by atoms with Crippen molar-refractivity contribution in [3.05, 3.63) is 65.6 Å². The Bertz CT molecular complexity index is 1410. The number of aromatic nitrogens is 2. The first-order valence-electron chi connectivity index (χ1n) is 11.3. The van der Waals surface area contributed by atoms with Crippen molar-refractivity contribution in [2.24, 2.45) is 0 Å². The van der Waals surface area contributed by atoms with Crippen LogP contribution in [0.25, 0.3) is 21.3 Å². The number of rotatable bonds is 6. The molecule has 2 aromatic heterocycles. The minimum Gasteiger partial charge on any atom is -0.378 e. The van der Waals surface area contributed by atoms with Gasteiger partial charge in [-0.1, -0.05) is 12.1 Å². The predicted octanol–water partition coefficient (Wildman–Crippen LogP) is 4.19. The monoisotopic (exact) mass is 471 g/mol. The summed E-state index contributed by atoms with van der Waals surface area (Å²) in [6.45, 7) is 3.16. The van der Waals surface area contributed by atoms with Gasteiger partial charge in [-0.05, 0) is 42.0 Å². The van der Waals surface area contributed by atoms with Crippen LogP contribution in [0.15, 0.2) is 60.1 Å². The first kappa shape index (κ1) is 20.6. The number of thiophene rings is 1. The minimum atomic E-state index is -0.313. The molecule has 0 saturated carbocycles. The lowest BCUT2D eigenvalue weighted by Crippen LogP contribution is -2.36. The van der Waals surface area contributed by atoms with Gasteiger partial charge in [0, 0.05) is 41.0 Å². The first-order chi connectivity index (χ1) is 17.1. The maximum absolute atomic E-state index is 12.3. The van der Waals surface area contributed by atoms with E-state index >= 15 is 0 Å². The van der Waals surface area contributed by atoms with E-state index in [9.17, 15) is 4.79 Å². The Morgan fingerprint density at radius 2 is 2.06 bits per heavy atom. The Morgan fingerprint density at radius 3 is 2.85 bits per heavy atom. The molecule has 0 bridgehead atoms. The molecule has 0 aliphatic carbocycles. The van der Waals surface area contributed by atoms with Gasteiger partial charge in [0.05, 0.1) is 37.0 Å². The molecule has 9 heteroatoms. The second-order valence-electron chi connectivity index (χ2n) is 7.68. The molecule has 1 aliphatic heterocycles. The van der Waals surface area contributed by atoms with Crippen molar-refractivity contribution in [1.29, 1.82) is 5.26 Å². The molecular weight excluding hydrogens is 448 g/mol. The number of nitriles is 1. The number of anilines is 3. The highest BCUT2D eigenvalue weighted by molar-refractivity contribution is 7.17. The van der Waals surface area contributed by atoms with Gasteiger partial charge in [-0.25, -0.2) is 9.97 Å². The zero-order valence-electron chi connectivity index (χ0n) is 19.2. The van der Waals surface area contributed by atoms with E-state index in [0.29, 0.717) is 21.7 Å². The lowest BCUT2D eigenvalue weighted by Gasteiger charge is -2.28. The first-order valence-corrected chi connectivity index (χ1v) is 11.7. The molecule has 2 aromatic carbocycles. The number of nitrogens with one attached hydrogen (secondary N) is 2. The van der Waals surface area contributed by atoms with Crippen LogP contribution in [0, 0.1) is 11.3 Å². The average molecular weight is 472 g/mol. The van der Waals surface area contributed by atoms with Gasteiger partial charge < -0.3 is 20.3 Å². The molecule has 4 aromatic rings. The zero-order valence-corrected chi connectivity index (χ0v) is 19.1. The van der Waals surface area contributed by atoms with E-state index in [1.165, 1.54) is 11.3 Å².